The molecule has 1 atom stereocenters. The fourth-order valence-electron chi connectivity index (χ4n) is 2.81. The van der Waals surface area contributed by atoms with Crippen molar-refractivity contribution in [1.82, 2.24) is 19.2 Å². The predicted octanol–water partition coefficient (Wildman–Crippen LogP) is 0.624. The number of imidazole rings is 1. The van der Waals surface area contributed by atoms with Crippen molar-refractivity contribution in [2.45, 2.75) is 43.8 Å². The van der Waals surface area contributed by atoms with E-state index in [1.54, 1.807) is 10.5 Å². The van der Waals surface area contributed by atoms with Gasteiger partial charge in [0.15, 0.2) is 5.03 Å². The van der Waals surface area contributed by atoms with Gasteiger partial charge in [-0.05, 0) is 19.8 Å². The predicted molar refractivity (Wildman–Crippen MR) is 78.6 cm³/mol. The largest absolute Gasteiger partial charge is 0.333 e. The van der Waals surface area contributed by atoms with Crippen LogP contribution >= 0.6 is 12.4 Å². The number of nitrogens with zero attached hydrogens (tertiary/aromatic N) is 3. The van der Waals surface area contributed by atoms with Crippen LogP contribution in [0.2, 0.25) is 0 Å². The first-order valence-corrected chi connectivity index (χ1v) is 8.31. The minimum absolute atomic E-state index is 0. The number of hydrogen-bond donors (Lipinski definition) is 1. The van der Waals surface area contributed by atoms with E-state index >= 15 is 0 Å². The van der Waals surface area contributed by atoms with Gasteiger partial charge in [-0.2, -0.15) is 4.31 Å². The van der Waals surface area contributed by atoms with Crippen molar-refractivity contribution in [2.75, 3.05) is 19.6 Å². The molecule has 0 unspecified atom stereocenters. The van der Waals surface area contributed by atoms with Gasteiger partial charge in [0.1, 0.15) is 5.82 Å². The molecule has 1 aromatic heterocycles. The molecular formula is C12H21ClN4O2S. The molecule has 0 spiro atoms. The van der Waals surface area contributed by atoms with Crippen LogP contribution in [0.1, 0.15) is 25.6 Å². The maximum absolute atomic E-state index is 12.6. The number of rotatable bonds is 2. The van der Waals surface area contributed by atoms with E-state index in [1.807, 2.05) is 11.5 Å². The van der Waals surface area contributed by atoms with Crippen molar-refractivity contribution in [1.29, 1.82) is 0 Å². The number of piperazine rings is 1. The van der Waals surface area contributed by atoms with Crippen molar-refractivity contribution in [2.24, 2.45) is 0 Å². The Kier molecular flexibility index (Phi) is 4.73. The number of aromatic nitrogens is 2. The van der Waals surface area contributed by atoms with E-state index in [-0.39, 0.29) is 23.5 Å². The highest BCUT2D eigenvalue weighted by molar-refractivity contribution is 7.89. The number of aryl methyl sites for hydroxylation is 2. The topological polar surface area (TPSA) is 67.2 Å². The molecule has 2 aliphatic heterocycles. The number of fused-ring (bicyclic) bond motifs is 1. The van der Waals surface area contributed by atoms with E-state index in [1.165, 1.54) is 0 Å². The lowest BCUT2D eigenvalue weighted by Gasteiger charge is -2.32. The molecule has 1 saturated heterocycles. The molecule has 2 aliphatic rings. The Hall–Kier alpha value is -0.630. The fourth-order valence-corrected chi connectivity index (χ4v) is 4.41. The van der Waals surface area contributed by atoms with Crippen LogP contribution < -0.4 is 5.32 Å². The highest BCUT2D eigenvalue weighted by Crippen LogP contribution is 2.22. The SMILES string of the molecule is C[C@H]1CNCCN1S(=O)(=O)c1cn2c(n1)CCCC2.Cl. The fraction of sp³-hybridized carbons (Fsp3) is 0.750. The number of hydrogen-bond acceptors (Lipinski definition) is 4. The van der Waals surface area contributed by atoms with Gasteiger partial charge in [0.25, 0.3) is 10.0 Å². The third-order valence-electron chi connectivity index (χ3n) is 3.90. The average molecular weight is 321 g/mol. The summed E-state index contributed by atoms with van der Waals surface area (Å²) in [4.78, 5) is 4.35. The molecule has 6 nitrogen and oxygen atoms in total. The molecule has 0 aromatic carbocycles. The van der Waals surface area contributed by atoms with Gasteiger partial charge in [0.2, 0.25) is 0 Å². The van der Waals surface area contributed by atoms with E-state index < -0.39 is 10.0 Å². The van der Waals surface area contributed by atoms with Crippen molar-refractivity contribution in [3.05, 3.63) is 12.0 Å². The summed E-state index contributed by atoms with van der Waals surface area (Å²) in [5.74, 6) is 0.910. The molecule has 0 bridgehead atoms. The molecule has 1 N–H and O–H groups in total. The standard InChI is InChI=1S/C12H20N4O2S.ClH/c1-10-8-13-5-7-16(10)19(17,18)12-9-15-6-3-2-4-11(15)14-12;/h9-10,13H,2-8H2,1H3;1H/t10-;/m0./s1. The van der Waals surface area contributed by atoms with Crippen LogP contribution in [0.15, 0.2) is 11.2 Å². The van der Waals surface area contributed by atoms with Crippen LogP contribution in [-0.4, -0.2) is 48.0 Å². The number of nitrogens with one attached hydrogen (secondary N) is 1. The average Bonchev–Trinajstić information content (AvgIpc) is 2.83. The summed E-state index contributed by atoms with van der Waals surface area (Å²) >= 11 is 0. The number of halogens is 1. The molecule has 8 heteroatoms. The zero-order valence-electron chi connectivity index (χ0n) is 11.6. The summed E-state index contributed by atoms with van der Waals surface area (Å²) in [7, 11) is -3.44. The molecule has 114 valence electrons. The molecule has 0 radical (unpaired) electrons. The summed E-state index contributed by atoms with van der Waals surface area (Å²) in [6, 6.07) is -0.0162. The molecule has 0 saturated carbocycles. The minimum atomic E-state index is -3.44. The Labute approximate surface area is 126 Å². The second-order valence-corrected chi connectivity index (χ2v) is 7.15. The van der Waals surface area contributed by atoms with Gasteiger partial charge in [-0.3, -0.25) is 0 Å². The second kappa shape index (κ2) is 6.01. The van der Waals surface area contributed by atoms with Crippen molar-refractivity contribution < 1.29 is 8.42 Å². The van der Waals surface area contributed by atoms with E-state index in [0.29, 0.717) is 19.6 Å². The Morgan fingerprint density at radius 1 is 1.35 bits per heavy atom. The monoisotopic (exact) mass is 320 g/mol. The van der Waals surface area contributed by atoms with Gasteiger partial charge in [0, 0.05) is 44.8 Å². The minimum Gasteiger partial charge on any atom is -0.333 e. The summed E-state index contributed by atoms with van der Waals surface area (Å²) in [6.45, 7) is 4.74. The smallest absolute Gasteiger partial charge is 0.262 e. The van der Waals surface area contributed by atoms with Gasteiger partial charge in [-0.1, -0.05) is 0 Å². The molecular weight excluding hydrogens is 300 g/mol. The maximum Gasteiger partial charge on any atom is 0.262 e. The Balaban J connectivity index is 0.00000147. The van der Waals surface area contributed by atoms with Gasteiger partial charge in [-0.15, -0.1) is 12.4 Å². The molecule has 0 aliphatic carbocycles. The van der Waals surface area contributed by atoms with Crippen molar-refractivity contribution >= 4 is 22.4 Å². The zero-order chi connectivity index (χ0) is 13.5. The van der Waals surface area contributed by atoms with E-state index in [9.17, 15) is 8.42 Å². The van der Waals surface area contributed by atoms with E-state index in [0.717, 1.165) is 31.6 Å². The van der Waals surface area contributed by atoms with Gasteiger partial charge < -0.3 is 9.88 Å². The first-order chi connectivity index (χ1) is 9.09. The highest BCUT2D eigenvalue weighted by atomic mass is 35.5. The lowest BCUT2D eigenvalue weighted by molar-refractivity contribution is 0.283. The maximum atomic E-state index is 12.6. The summed E-state index contributed by atoms with van der Waals surface area (Å²) < 4.78 is 28.8. The molecule has 3 heterocycles. The lowest BCUT2D eigenvalue weighted by atomic mass is 10.2. The third kappa shape index (κ3) is 2.72. The second-order valence-electron chi connectivity index (χ2n) is 5.31. The molecule has 1 aromatic rings. The van der Waals surface area contributed by atoms with Gasteiger partial charge in [-0.25, -0.2) is 13.4 Å². The molecule has 20 heavy (non-hydrogen) atoms. The van der Waals surface area contributed by atoms with E-state index in [2.05, 4.69) is 10.3 Å². The highest BCUT2D eigenvalue weighted by Gasteiger charge is 2.33. The lowest BCUT2D eigenvalue weighted by Crippen LogP contribution is -2.52. The van der Waals surface area contributed by atoms with Crippen LogP contribution in [0.5, 0.6) is 0 Å². The summed E-state index contributed by atoms with van der Waals surface area (Å²) in [5, 5.41) is 3.43. The normalized spacial score (nSPS) is 23.9. The van der Waals surface area contributed by atoms with E-state index in [4.69, 9.17) is 0 Å². The Morgan fingerprint density at radius 3 is 2.85 bits per heavy atom. The Morgan fingerprint density at radius 2 is 2.15 bits per heavy atom. The number of sulfonamides is 1. The quantitative estimate of drug-likeness (QED) is 0.867. The van der Waals surface area contributed by atoms with Crippen LogP contribution in [-0.2, 0) is 23.0 Å². The first kappa shape index (κ1) is 15.8. The Bertz CT molecular complexity index is 549. The van der Waals surface area contributed by atoms with Crippen LogP contribution in [0, 0.1) is 0 Å². The summed E-state index contributed by atoms with van der Waals surface area (Å²) in [5.41, 5.74) is 0. The third-order valence-corrected chi connectivity index (χ3v) is 5.79. The van der Waals surface area contributed by atoms with Crippen LogP contribution in [0.3, 0.4) is 0 Å². The van der Waals surface area contributed by atoms with Crippen LogP contribution in [0.4, 0.5) is 0 Å². The molecule has 3 rings (SSSR count). The molecule has 0 amide bonds. The van der Waals surface area contributed by atoms with Crippen molar-refractivity contribution in [3.8, 4) is 0 Å². The van der Waals surface area contributed by atoms with Crippen LogP contribution in [0.25, 0.3) is 0 Å². The zero-order valence-corrected chi connectivity index (χ0v) is 13.2. The first-order valence-electron chi connectivity index (χ1n) is 6.87. The van der Waals surface area contributed by atoms with Crippen molar-refractivity contribution in [3.63, 3.8) is 0 Å². The summed E-state index contributed by atoms with van der Waals surface area (Å²) in [6.07, 6.45) is 4.79. The van der Waals surface area contributed by atoms with Gasteiger partial charge in [0.05, 0.1) is 0 Å². The molecule has 1 fully saturated rings. The van der Waals surface area contributed by atoms with Gasteiger partial charge >= 0.3 is 0 Å².